The number of para-hydroxylation sites is 1. The number of carbonyl (C=O) groups is 1. The number of rotatable bonds is 5. The monoisotopic (exact) mass is 300 g/mol. The Kier molecular flexibility index (Phi) is 4.68. The van der Waals surface area contributed by atoms with Crippen molar-refractivity contribution in [1.29, 1.82) is 0 Å². The smallest absolute Gasteiger partial charge is 0.336 e. The average Bonchev–Trinajstić information content (AvgIpc) is 2.52. The Morgan fingerprint density at radius 3 is 2.27 bits per heavy atom. The van der Waals surface area contributed by atoms with Crippen LogP contribution in [-0.4, -0.2) is 30.4 Å². The Bertz CT molecular complexity index is 701. The molecule has 0 radical (unpaired) electrons. The molecule has 2 N–H and O–H groups in total. The molecule has 5 nitrogen and oxygen atoms in total. The summed E-state index contributed by atoms with van der Waals surface area (Å²) in [5, 5.41) is 18.8. The van der Waals surface area contributed by atoms with Crippen molar-refractivity contribution in [2.75, 3.05) is 14.2 Å². The first-order valence-corrected chi connectivity index (χ1v) is 6.52. The molecule has 0 bridgehead atoms. The van der Waals surface area contributed by atoms with E-state index in [2.05, 4.69) is 0 Å². The number of phenolic OH excluding ortho intramolecular Hbond substituents is 1. The summed E-state index contributed by atoms with van der Waals surface area (Å²) in [5.74, 6) is -0.0164. The molecule has 22 heavy (non-hydrogen) atoms. The molecule has 5 heteroatoms. The molecule has 2 rings (SSSR count). The van der Waals surface area contributed by atoms with Crippen LogP contribution in [0, 0.1) is 0 Å². The van der Waals surface area contributed by atoms with E-state index in [-0.39, 0.29) is 11.3 Å². The van der Waals surface area contributed by atoms with Crippen LogP contribution in [0.25, 0.3) is 11.6 Å². The number of hydrogen-bond donors (Lipinski definition) is 2. The first-order valence-electron chi connectivity index (χ1n) is 6.52. The molecule has 0 atom stereocenters. The van der Waals surface area contributed by atoms with Crippen molar-refractivity contribution < 1.29 is 24.5 Å². The number of aliphatic carboxylic acids is 1. The lowest BCUT2D eigenvalue weighted by Gasteiger charge is -2.11. The van der Waals surface area contributed by atoms with Gasteiger partial charge in [-0.15, -0.1) is 0 Å². The Labute approximate surface area is 128 Å². The number of carboxylic acids is 1. The minimum Gasteiger partial charge on any atom is -0.508 e. The molecule has 0 aromatic heterocycles. The van der Waals surface area contributed by atoms with Gasteiger partial charge >= 0.3 is 5.97 Å². The molecule has 0 fully saturated rings. The topological polar surface area (TPSA) is 76.0 Å². The lowest BCUT2D eigenvalue weighted by atomic mass is 10.0. The van der Waals surface area contributed by atoms with Crippen molar-refractivity contribution in [3.63, 3.8) is 0 Å². The van der Waals surface area contributed by atoms with Crippen LogP contribution in [0.4, 0.5) is 0 Å². The Morgan fingerprint density at radius 2 is 1.73 bits per heavy atom. The minimum atomic E-state index is -1.07. The Morgan fingerprint density at radius 1 is 1.05 bits per heavy atom. The molecule has 114 valence electrons. The van der Waals surface area contributed by atoms with Gasteiger partial charge in [0, 0.05) is 5.56 Å². The van der Waals surface area contributed by atoms with Gasteiger partial charge in [0.15, 0.2) is 11.5 Å². The van der Waals surface area contributed by atoms with E-state index in [0.29, 0.717) is 22.6 Å². The molecule has 0 saturated heterocycles. The molecule has 0 unspecified atom stereocenters. The van der Waals surface area contributed by atoms with Crippen LogP contribution >= 0.6 is 0 Å². The fourth-order valence-corrected chi connectivity index (χ4v) is 2.09. The number of aromatic hydroxyl groups is 1. The van der Waals surface area contributed by atoms with E-state index in [1.807, 2.05) is 0 Å². The molecule has 0 heterocycles. The highest BCUT2D eigenvalue weighted by atomic mass is 16.5. The predicted molar refractivity (Wildman–Crippen MR) is 83.2 cm³/mol. The summed E-state index contributed by atoms with van der Waals surface area (Å²) in [6.45, 7) is 0. The summed E-state index contributed by atoms with van der Waals surface area (Å²) >= 11 is 0. The number of ether oxygens (including phenoxy) is 2. The summed E-state index contributed by atoms with van der Waals surface area (Å²) < 4.78 is 10.5. The van der Waals surface area contributed by atoms with Gasteiger partial charge in [0.1, 0.15) is 5.75 Å². The second kappa shape index (κ2) is 6.67. The standard InChI is InChI=1S/C17H16O5/c1-21-15-5-3-4-12(16(15)22-2)10-14(17(19)20)11-6-8-13(18)9-7-11/h3-10,18H,1-2H3,(H,19,20)/b14-10-. The molecular formula is C17H16O5. The van der Waals surface area contributed by atoms with Crippen molar-refractivity contribution in [3.8, 4) is 17.2 Å². The van der Waals surface area contributed by atoms with Gasteiger partial charge < -0.3 is 19.7 Å². The van der Waals surface area contributed by atoms with E-state index >= 15 is 0 Å². The van der Waals surface area contributed by atoms with Crippen LogP contribution in [0.5, 0.6) is 17.2 Å². The van der Waals surface area contributed by atoms with Gasteiger partial charge in [0.25, 0.3) is 0 Å². The maximum atomic E-state index is 11.5. The summed E-state index contributed by atoms with van der Waals surface area (Å²) in [7, 11) is 3.01. The minimum absolute atomic E-state index is 0.0763. The van der Waals surface area contributed by atoms with Crippen molar-refractivity contribution in [2.24, 2.45) is 0 Å². The normalized spacial score (nSPS) is 11.1. The quantitative estimate of drug-likeness (QED) is 0.655. The highest BCUT2D eigenvalue weighted by Crippen LogP contribution is 2.33. The van der Waals surface area contributed by atoms with Gasteiger partial charge in [0.05, 0.1) is 19.8 Å². The molecule has 0 spiro atoms. The fraction of sp³-hybridized carbons (Fsp3) is 0.118. The van der Waals surface area contributed by atoms with Crippen LogP contribution in [0.3, 0.4) is 0 Å². The van der Waals surface area contributed by atoms with E-state index in [1.165, 1.54) is 32.4 Å². The highest BCUT2D eigenvalue weighted by Gasteiger charge is 2.14. The van der Waals surface area contributed by atoms with Crippen molar-refractivity contribution in [1.82, 2.24) is 0 Å². The van der Waals surface area contributed by atoms with Crippen molar-refractivity contribution in [3.05, 3.63) is 53.6 Å². The second-order valence-electron chi connectivity index (χ2n) is 4.49. The van der Waals surface area contributed by atoms with E-state index in [4.69, 9.17) is 9.47 Å². The molecule has 0 aliphatic carbocycles. The molecule has 0 amide bonds. The summed E-state index contributed by atoms with van der Waals surface area (Å²) in [5.41, 5.74) is 1.16. The van der Waals surface area contributed by atoms with E-state index in [9.17, 15) is 15.0 Å². The predicted octanol–water partition coefficient (Wildman–Crippen LogP) is 3.03. The number of hydrogen-bond acceptors (Lipinski definition) is 4. The zero-order valence-electron chi connectivity index (χ0n) is 12.2. The average molecular weight is 300 g/mol. The van der Waals surface area contributed by atoms with Crippen LogP contribution < -0.4 is 9.47 Å². The summed E-state index contributed by atoms with van der Waals surface area (Å²) in [6.07, 6.45) is 1.51. The highest BCUT2D eigenvalue weighted by molar-refractivity contribution is 6.20. The molecule has 0 aliphatic heterocycles. The third kappa shape index (κ3) is 3.20. The second-order valence-corrected chi connectivity index (χ2v) is 4.49. The third-order valence-corrected chi connectivity index (χ3v) is 3.14. The first kappa shape index (κ1) is 15.4. The molecule has 0 saturated carbocycles. The van der Waals surface area contributed by atoms with E-state index in [0.717, 1.165) is 0 Å². The number of carboxylic acid groups (broad SMARTS) is 1. The zero-order chi connectivity index (χ0) is 16.1. The number of phenols is 1. The lowest BCUT2D eigenvalue weighted by molar-refractivity contribution is -0.130. The van der Waals surface area contributed by atoms with Gasteiger partial charge in [-0.2, -0.15) is 0 Å². The molecule has 2 aromatic rings. The van der Waals surface area contributed by atoms with Gasteiger partial charge in [0.2, 0.25) is 0 Å². The fourth-order valence-electron chi connectivity index (χ4n) is 2.09. The number of methoxy groups -OCH3 is 2. The largest absolute Gasteiger partial charge is 0.508 e. The maximum absolute atomic E-state index is 11.5. The SMILES string of the molecule is COc1cccc(/C=C(\C(=O)O)c2ccc(O)cc2)c1OC. The van der Waals surface area contributed by atoms with Crippen molar-refractivity contribution in [2.45, 2.75) is 0 Å². The van der Waals surface area contributed by atoms with E-state index < -0.39 is 5.97 Å². The van der Waals surface area contributed by atoms with E-state index in [1.54, 1.807) is 30.3 Å². The number of benzene rings is 2. The third-order valence-electron chi connectivity index (χ3n) is 3.14. The van der Waals surface area contributed by atoms with Crippen LogP contribution in [-0.2, 0) is 4.79 Å². The first-order chi connectivity index (χ1) is 10.6. The van der Waals surface area contributed by atoms with Crippen molar-refractivity contribution >= 4 is 17.6 Å². The zero-order valence-corrected chi connectivity index (χ0v) is 12.2. The van der Waals surface area contributed by atoms with Crippen LogP contribution in [0.15, 0.2) is 42.5 Å². The maximum Gasteiger partial charge on any atom is 0.336 e. The Balaban J connectivity index is 2.56. The molecule has 2 aromatic carbocycles. The van der Waals surface area contributed by atoms with Crippen LogP contribution in [0.2, 0.25) is 0 Å². The van der Waals surface area contributed by atoms with Crippen LogP contribution in [0.1, 0.15) is 11.1 Å². The molecule has 0 aliphatic rings. The molecular weight excluding hydrogens is 284 g/mol. The summed E-state index contributed by atoms with van der Waals surface area (Å²) in [4.78, 5) is 11.5. The van der Waals surface area contributed by atoms with Gasteiger partial charge in [-0.1, -0.05) is 24.3 Å². The Hall–Kier alpha value is -2.95. The van der Waals surface area contributed by atoms with Gasteiger partial charge in [-0.25, -0.2) is 4.79 Å². The van der Waals surface area contributed by atoms with Gasteiger partial charge in [-0.05, 0) is 29.8 Å². The lowest BCUT2D eigenvalue weighted by Crippen LogP contribution is -2.00. The van der Waals surface area contributed by atoms with Gasteiger partial charge in [-0.3, -0.25) is 0 Å². The summed E-state index contributed by atoms with van der Waals surface area (Å²) in [6, 6.07) is 11.2.